The molecule has 0 aliphatic rings. The average molecular weight is 455 g/mol. The predicted molar refractivity (Wildman–Crippen MR) is 122 cm³/mol. The highest BCUT2D eigenvalue weighted by Crippen LogP contribution is 2.18. The quantitative estimate of drug-likeness (QED) is 0.509. The monoisotopic (exact) mass is 454 g/mol. The van der Waals surface area contributed by atoms with Gasteiger partial charge in [-0.05, 0) is 37.0 Å². The molecule has 0 saturated heterocycles. The average Bonchev–Trinajstić information content (AvgIpc) is 3.26. The summed E-state index contributed by atoms with van der Waals surface area (Å²) in [6, 6.07) is 14.1. The maximum atomic E-state index is 13.9. The van der Waals surface area contributed by atoms with E-state index in [1.807, 2.05) is 36.4 Å². The second-order valence-corrected chi connectivity index (χ2v) is 8.30. The minimum absolute atomic E-state index is 0.264. The van der Waals surface area contributed by atoms with Gasteiger partial charge < -0.3 is 10.2 Å². The number of aromatic nitrogens is 2. The number of amides is 2. The Hall–Kier alpha value is -3.55. The minimum Gasteiger partial charge on any atom is -0.344 e. The number of carbonyl (C=O) groups excluding carboxylic acids is 2. The number of halogens is 2. The zero-order chi connectivity index (χ0) is 24.0. The molecule has 0 saturated carbocycles. The Bertz CT molecular complexity index is 1080. The molecule has 2 amide bonds. The van der Waals surface area contributed by atoms with E-state index in [4.69, 9.17) is 0 Å². The number of benzene rings is 2. The topological polar surface area (TPSA) is 78.1 Å². The Morgan fingerprint density at radius 3 is 2.36 bits per heavy atom. The van der Waals surface area contributed by atoms with Crippen LogP contribution in [0.25, 0.3) is 11.3 Å². The van der Waals surface area contributed by atoms with E-state index in [0.717, 1.165) is 29.1 Å². The van der Waals surface area contributed by atoms with Crippen molar-refractivity contribution in [2.75, 3.05) is 13.6 Å². The van der Waals surface area contributed by atoms with Crippen LogP contribution in [0.1, 0.15) is 36.3 Å². The smallest absolute Gasteiger partial charge is 0.257 e. The summed E-state index contributed by atoms with van der Waals surface area (Å²) < 4.78 is 27.9. The molecule has 1 aromatic heterocycles. The third kappa shape index (κ3) is 6.03. The first-order valence-corrected chi connectivity index (χ1v) is 10.9. The van der Waals surface area contributed by atoms with E-state index in [-0.39, 0.29) is 11.8 Å². The van der Waals surface area contributed by atoms with Crippen LogP contribution < -0.4 is 5.32 Å². The Morgan fingerprint density at radius 2 is 1.73 bits per heavy atom. The molecule has 6 nitrogen and oxygen atoms in total. The summed E-state index contributed by atoms with van der Waals surface area (Å²) in [5.41, 5.74) is 2.15. The van der Waals surface area contributed by atoms with Crippen molar-refractivity contribution in [1.82, 2.24) is 20.4 Å². The molecule has 0 fully saturated rings. The van der Waals surface area contributed by atoms with Crippen LogP contribution in [0.3, 0.4) is 0 Å². The maximum Gasteiger partial charge on any atom is 0.257 e. The number of nitrogens with one attached hydrogen (secondary N) is 2. The summed E-state index contributed by atoms with van der Waals surface area (Å²) in [5.74, 6) is -3.46. The Balaban J connectivity index is 1.57. The normalized spacial score (nSPS) is 11.9. The summed E-state index contributed by atoms with van der Waals surface area (Å²) in [7, 11) is 1.65. The van der Waals surface area contributed by atoms with Gasteiger partial charge in [-0.3, -0.25) is 14.7 Å². The lowest BCUT2D eigenvalue weighted by Crippen LogP contribution is -2.50. The molecule has 0 aliphatic carbocycles. The van der Waals surface area contributed by atoms with E-state index >= 15 is 0 Å². The van der Waals surface area contributed by atoms with Crippen LogP contribution in [0.15, 0.2) is 54.6 Å². The first kappa shape index (κ1) is 24.1. The van der Waals surface area contributed by atoms with Crippen LogP contribution in [-0.2, 0) is 11.2 Å². The molecular weight excluding hydrogens is 426 g/mol. The standard InChI is InChI=1S/C25H28F2N4O2/c1-16(2)23(28-24(32)22-19(26)12-7-13-20(22)27)25(33)31(3)14-8-11-18-15-21(30-29-18)17-9-5-4-6-10-17/h4-7,9-10,12-13,15-16,23H,8,11,14H2,1-3H3,(H,28,32)(H,29,30)/t23-/m0/s1. The van der Waals surface area contributed by atoms with Crippen molar-refractivity contribution < 1.29 is 18.4 Å². The SMILES string of the molecule is CC(C)[C@H](NC(=O)c1c(F)cccc1F)C(=O)N(C)CCCc1cc(-c2ccccc2)n[nH]1. The van der Waals surface area contributed by atoms with Crippen LogP contribution in [-0.4, -0.2) is 46.5 Å². The molecule has 0 radical (unpaired) electrons. The van der Waals surface area contributed by atoms with E-state index in [2.05, 4.69) is 15.5 Å². The van der Waals surface area contributed by atoms with Crippen molar-refractivity contribution in [3.63, 3.8) is 0 Å². The highest BCUT2D eigenvalue weighted by molar-refractivity contribution is 5.98. The first-order chi connectivity index (χ1) is 15.8. The van der Waals surface area contributed by atoms with Gasteiger partial charge in [-0.25, -0.2) is 8.78 Å². The number of aromatic amines is 1. The second-order valence-electron chi connectivity index (χ2n) is 8.30. The van der Waals surface area contributed by atoms with Gasteiger partial charge in [0.2, 0.25) is 5.91 Å². The van der Waals surface area contributed by atoms with E-state index < -0.39 is 29.1 Å². The van der Waals surface area contributed by atoms with Gasteiger partial charge in [0.25, 0.3) is 5.91 Å². The van der Waals surface area contributed by atoms with Crippen molar-refractivity contribution >= 4 is 11.8 Å². The zero-order valence-electron chi connectivity index (χ0n) is 18.9. The molecule has 1 atom stereocenters. The van der Waals surface area contributed by atoms with Gasteiger partial charge in [0, 0.05) is 24.8 Å². The zero-order valence-corrected chi connectivity index (χ0v) is 18.9. The number of likely N-dealkylation sites (N-methyl/N-ethyl adjacent to an activating group) is 1. The predicted octanol–water partition coefficient (Wildman–Crippen LogP) is 4.20. The van der Waals surface area contributed by atoms with E-state index in [1.165, 1.54) is 11.0 Å². The minimum atomic E-state index is -0.967. The number of aryl methyl sites for hydroxylation is 1. The van der Waals surface area contributed by atoms with Crippen molar-refractivity contribution in [2.24, 2.45) is 5.92 Å². The summed E-state index contributed by atoms with van der Waals surface area (Å²) in [4.78, 5) is 27.0. The molecule has 2 N–H and O–H groups in total. The van der Waals surface area contributed by atoms with Gasteiger partial charge >= 0.3 is 0 Å². The molecule has 1 heterocycles. The number of nitrogens with zero attached hydrogens (tertiary/aromatic N) is 2. The molecule has 174 valence electrons. The molecule has 8 heteroatoms. The molecule has 0 unspecified atom stereocenters. The molecule has 0 bridgehead atoms. The van der Waals surface area contributed by atoms with Crippen molar-refractivity contribution in [2.45, 2.75) is 32.7 Å². The molecule has 0 aliphatic heterocycles. The van der Waals surface area contributed by atoms with Gasteiger partial charge in [0.1, 0.15) is 23.2 Å². The van der Waals surface area contributed by atoms with Gasteiger partial charge in [-0.1, -0.05) is 50.2 Å². The Morgan fingerprint density at radius 1 is 1.06 bits per heavy atom. The third-order valence-corrected chi connectivity index (χ3v) is 5.43. The van der Waals surface area contributed by atoms with E-state index in [0.29, 0.717) is 19.4 Å². The number of hydrogen-bond donors (Lipinski definition) is 2. The number of carbonyl (C=O) groups is 2. The fraction of sp³-hybridized carbons (Fsp3) is 0.320. The lowest BCUT2D eigenvalue weighted by Gasteiger charge is -2.27. The van der Waals surface area contributed by atoms with Crippen LogP contribution in [0.4, 0.5) is 8.78 Å². The van der Waals surface area contributed by atoms with Crippen molar-refractivity contribution in [3.8, 4) is 11.3 Å². The van der Waals surface area contributed by atoms with Gasteiger partial charge in [0.15, 0.2) is 0 Å². The lowest BCUT2D eigenvalue weighted by atomic mass is 10.0. The highest BCUT2D eigenvalue weighted by Gasteiger charge is 2.29. The number of H-pyrrole nitrogens is 1. The van der Waals surface area contributed by atoms with Crippen molar-refractivity contribution in [3.05, 3.63) is 77.5 Å². The fourth-order valence-electron chi connectivity index (χ4n) is 3.54. The first-order valence-electron chi connectivity index (χ1n) is 10.9. The lowest BCUT2D eigenvalue weighted by molar-refractivity contribution is -0.133. The Kier molecular flexibility index (Phi) is 7.92. The van der Waals surface area contributed by atoms with Crippen LogP contribution in [0.5, 0.6) is 0 Å². The number of rotatable bonds is 9. The summed E-state index contributed by atoms with van der Waals surface area (Å²) in [5, 5.41) is 9.85. The molecule has 0 spiro atoms. The van der Waals surface area contributed by atoms with Crippen LogP contribution >= 0.6 is 0 Å². The fourth-order valence-corrected chi connectivity index (χ4v) is 3.54. The van der Waals surface area contributed by atoms with Gasteiger partial charge in [-0.2, -0.15) is 5.10 Å². The second kappa shape index (κ2) is 10.8. The summed E-state index contributed by atoms with van der Waals surface area (Å²) in [6.07, 6.45) is 1.37. The third-order valence-electron chi connectivity index (χ3n) is 5.43. The van der Waals surface area contributed by atoms with Gasteiger partial charge in [0.05, 0.1) is 5.69 Å². The Labute approximate surface area is 192 Å². The molecule has 2 aromatic carbocycles. The summed E-state index contributed by atoms with van der Waals surface area (Å²) >= 11 is 0. The van der Waals surface area contributed by atoms with E-state index in [1.54, 1.807) is 20.9 Å². The largest absolute Gasteiger partial charge is 0.344 e. The van der Waals surface area contributed by atoms with Crippen molar-refractivity contribution in [1.29, 1.82) is 0 Å². The van der Waals surface area contributed by atoms with Gasteiger partial charge in [-0.15, -0.1) is 0 Å². The molecule has 3 aromatic rings. The highest BCUT2D eigenvalue weighted by atomic mass is 19.1. The van der Waals surface area contributed by atoms with E-state index in [9.17, 15) is 18.4 Å². The molecular formula is C25H28F2N4O2. The van der Waals surface area contributed by atoms with Crippen LogP contribution in [0, 0.1) is 17.6 Å². The summed E-state index contributed by atoms with van der Waals surface area (Å²) in [6.45, 7) is 3.99. The molecule has 33 heavy (non-hydrogen) atoms. The van der Waals surface area contributed by atoms with Crippen LogP contribution in [0.2, 0.25) is 0 Å². The number of hydrogen-bond acceptors (Lipinski definition) is 3. The molecule has 3 rings (SSSR count). The maximum absolute atomic E-state index is 13.9.